The van der Waals surface area contributed by atoms with Crippen molar-refractivity contribution < 1.29 is 0 Å². The van der Waals surface area contributed by atoms with E-state index < -0.39 is 0 Å². The average Bonchev–Trinajstić information content (AvgIpc) is 3.10. The van der Waals surface area contributed by atoms with Crippen LogP contribution in [0.4, 0.5) is 0 Å². The molecule has 0 aliphatic rings. The highest BCUT2D eigenvalue weighted by molar-refractivity contribution is 7.15. The smallest absolute Gasteiger partial charge is 0.193 e. The molecule has 0 saturated heterocycles. The molecule has 0 spiro atoms. The second-order valence-electron chi connectivity index (χ2n) is 6.46. The monoisotopic (exact) mass is 350 g/mol. The normalized spacial score (nSPS) is 12.8. The Morgan fingerprint density at radius 3 is 2.67 bits per heavy atom. The van der Waals surface area contributed by atoms with Gasteiger partial charge in [0.15, 0.2) is 10.9 Å². The Morgan fingerprint density at radius 2 is 2.04 bits per heavy atom. The molecule has 0 fully saturated rings. The number of thiazole rings is 1. The molecule has 2 N–H and O–H groups in total. The number of imidazole rings is 1. The lowest BCUT2D eigenvalue weighted by Gasteiger charge is -2.30. The molecule has 2 aromatic heterocycles. The summed E-state index contributed by atoms with van der Waals surface area (Å²) in [6.07, 6.45) is 5.17. The van der Waals surface area contributed by atoms with Gasteiger partial charge in [-0.15, -0.1) is 11.3 Å². The molecule has 2 aromatic rings. The lowest BCUT2D eigenvalue weighted by Crippen LogP contribution is -2.41. The summed E-state index contributed by atoms with van der Waals surface area (Å²) in [7, 11) is 1.80. The van der Waals surface area contributed by atoms with Gasteiger partial charge in [-0.2, -0.15) is 0 Å². The first-order valence-electron chi connectivity index (χ1n) is 8.62. The van der Waals surface area contributed by atoms with Gasteiger partial charge in [0, 0.05) is 50.0 Å². The number of hydrogen-bond acceptors (Lipinski definition) is 4. The lowest BCUT2D eigenvalue weighted by molar-refractivity contribution is 0.173. The van der Waals surface area contributed by atoms with Crippen LogP contribution in [-0.2, 0) is 6.54 Å². The van der Waals surface area contributed by atoms with Crippen LogP contribution in [0.1, 0.15) is 39.8 Å². The highest BCUT2D eigenvalue weighted by atomic mass is 32.1. The zero-order chi connectivity index (χ0) is 17.5. The van der Waals surface area contributed by atoms with Crippen molar-refractivity contribution in [2.75, 3.05) is 20.1 Å². The van der Waals surface area contributed by atoms with Crippen molar-refractivity contribution in [3.63, 3.8) is 0 Å². The van der Waals surface area contributed by atoms with Crippen molar-refractivity contribution in [1.29, 1.82) is 0 Å². The number of aliphatic imine (C=N–C) groups is 1. The van der Waals surface area contributed by atoms with E-state index in [1.165, 1.54) is 0 Å². The van der Waals surface area contributed by atoms with Gasteiger partial charge in [0.25, 0.3) is 0 Å². The van der Waals surface area contributed by atoms with Crippen molar-refractivity contribution in [3.8, 4) is 0 Å². The van der Waals surface area contributed by atoms with Crippen LogP contribution in [0.25, 0.3) is 4.96 Å². The summed E-state index contributed by atoms with van der Waals surface area (Å²) in [6.45, 7) is 11.7. The van der Waals surface area contributed by atoms with Crippen molar-refractivity contribution in [2.45, 2.75) is 52.7 Å². The molecule has 0 unspecified atom stereocenters. The van der Waals surface area contributed by atoms with Crippen LogP contribution in [0.15, 0.2) is 22.8 Å². The molecule has 0 bridgehead atoms. The third-order valence-corrected chi connectivity index (χ3v) is 4.79. The van der Waals surface area contributed by atoms with E-state index in [4.69, 9.17) is 0 Å². The first kappa shape index (κ1) is 18.7. The van der Waals surface area contributed by atoms with Crippen LogP contribution in [0.2, 0.25) is 0 Å². The first-order chi connectivity index (χ1) is 11.5. The number of hydrogen-bond donors (Lipinski definition) is 2. The predicted molar refractivity (Wildman–Crippen MR) is 103 cm³/mol. The van der Waals surface area contributed by atoms with E-state index in [9.17, 15) is 0 Å². The molecule has 0 aromatic carbocycles. The van der Waals surface area contributed by atoms with E-state index in [0.29, 0.717) is 18.6 Å². The van der Waals surface area contributed by atoms with Gasteiger partial charge in [-0.25, -0.2) is 4.98 Å². The fourth-order valence-electron chi connectivity index (χ4n) is 2.84. The molecular weight excluding hydrogens is 320 g/mol. The van der Waals surface area contributed by atoms with E-state index in [0.717, 1.165) is 36.1 Å². The van der Waals surface area contributed by atoms with Gasteiger partial charge in [-0.05, 0) is 34.1 Å². The lowest BCUT2D eigenvalue weighted by atomic mass is 10.2. The van der Waals surface area contributed by atoms with Gasteiger partial charge >= 0.3 is 0 Å². The van der Waals surface area contributed by atoms with E-state index >= 15 is 0 Å². The minimum atomic E-state index is 0.581. The molecule has 0 atom stereocenters. The first-order valence-corrected chi connectivity index (χ1v) is 9.50. The molecular formula is C17H30N6S. The minimum Gasteiger partial charge on any atom is -0.356 e. The Hall–Kier alpha value is -1.60. The maximum absolute atomic E-state index is 4.57. The second-order valence-corrected chi connectivity index (χ2v) is 7.33. The Kier molecular flexibility index (Phi) is 7.05. The molecule has 24 heavy (non-hydrogen) atoms. The molecule has 0 aliphatic heterocycles. The molecule has 2 heterocycles. The summed E-state index contributed by atoms with van der Waals surface area (Å²) in [5, 5.41) is 8.74. The summed E-state index contributed by atoms with van der Waals surface area (Å²) < 4.78 is 2.05. The van der Waals surface area contributed by atoms with E-state index in [1.807, 2.05) is 16.0 Å². The maximum Gasteiger partial charge on any atom is 0.193 e. The Balaban J connectivity index is 1.71. The van der Waals surface area contributed by atoms with Crippen molar-refractivity contribution in [3.05, 3.63) is 23.5 Å². The minimum absolute atomic E-state index is 0.581. The largest absolute Gasteiger partial charge is 0.356 e. The molecule has 0 saturated carbocycles. The van der Waals surface area contributed by atoms with Gasteiger partial charge < -0.3 is 10.6 Å². The van der Waals surface area contributed by atoms with Gasteiger partial charge in [-0.1, -0.05) is 0 Å². The zero-order valence-corrected chi connectivity index (χ0v) is 16.2. The standard InChI is InChI=1S/C17H30N6S/c1-13(2)23(14(3)4)8-6-7-19-16(18-5)20-11-15-12-22-9-10-24-17(22)21-15/h9-10,12-14H,6-8,11H2,1-5H3,(H2,18,19,20). The van der Waals surface area contributed by atoms with Gasteiger partial charge in [0.05, 0.1) is 12.2 Å². The molecule has 134 valence electrons. The van der Waals surface area contributed by atoms with Gasteiger partial charge in [-0.3, -0.25) is 14.3 Å². The van der Waals surface area contributed by atoms with Gasteiger partial charge in [0.1, 0.15) is 0 Å². The Bertz CT molecular complexity index is 606. The number of guanidine groups is 1. The van der Waals surface area contributed by atoms with E-state index in [2.05, 4.69) is 59.4 Å². The third kappa shape index (κ3) is 5.21. The van der Waals surface area contributed by atoms with Crippen LogP contribution in [-0.4, -0.2) is 52.5 Å². The quantitative estimate of drug-likeness (QED) is 0.436. The van der Waals surface area contributed by atoms with E-state index in [1.54, 1.807) is 18.4 Å². The van der Waals surface area contributed by atoms with Crippen LogP contribution < -0.4 is 10.6 Å². The molecule has 7 heteroatoms. The fourth-order valence-corrected chi connectivity index (χ4v) is 3.56. The highest BCUT2D eigenvalue weighted by Gasteiger charge is 2.12. The zero-order valence-electron chi connectivity index (χ0n) is 15.4. The SMILES string of the molecule is CN=C(NCCCN(C(C)C)C(C)C)NCc1cn2ccsc2n1. The van der Waals surface area contributed by atoms with Crippen LogP contribution >= 0.6 is 11.3 Å². The topological polar surface area (TPSA) is 57.0 Å². The molecule has 6 nitrogen and oxygen atoms in total. The Morgan fingerprint density at radius 1 is 1.29 bits per heavy atom. The van der Waals surface area contributed by atoms with Crippen molar-refractivity contribution in [1.82, 2.24) is 24.9 Å². The van der Waals surface area contributed by atoms with Crippen molar-refractivity contribution in [2.24, 2.45) is 4.99 Å². The summed E-state index contributed by atoms with van der Waals surface area (Å²) in [5.74, 6) is 0.826. The van der Waals surface area contributed by atoms with E-state index in [-0.39, 0.29) is 0 Å². The molecule has 0 aliphatic carbocycles. The third-order valence-electron chi connectivity index (χ3n) is 4.02. The highest BCUT2D eigenvalue weighted by Crippen LogP contribution is 2.11. The Labute approximate surface area is 149 Å². The predicted octanol–water partition coefficient (Wildman–Crippen LogP) is 2.57. The summed E-state index contributed by atoms with van der Waals surface area (Å²) >= 11 is 1.65. The van der Waals surface area contributed by atoms with Gasteiger partial charge in [0.2, 0.25) is 0 Å². The number of rotatable bonds is 8. The number of nitrogens with one attached hydrogen (secondary N) is 2. The number of nitrogens with zero attached hydrogens (tertiary/aromatic N) is 4. The molecule has 0 radical (unpaired) electrons. The van der Waals surface area contributed by atoms with Crippen LogP contribution in [0.5, 0.6) is 0 Å². The number of fused-ring (bicyclic) bond motifs is 1. The van der Waals surface area contributed by atoms with Crippen LogP contribution in [0, 0.1) is 0 Å². The number of aromatic nitrogens is 2. The van der Waals surface area contributed by atoms with Crippen molar-refractivity contribution >= 4 is 22.3 Å². The summed E-state index contributed by atoms with van der Waals surface area (Å²) in [6, 6.07) is 1.16. The summed E-state index contributed by atoms with van der Waals surface area (Å²) in [4.78, 5) is 12.4. The summed E-state index contributed by atoms with van der Waals surface area (Å²) in [5.41, 5.74) is 1.02. The maximum atomic E-state index is 4.57. The second kappa shape index (κ2) is 9.03. The van der Waals surface area contributed by atoms with Crippen LogP contribution in [0.3, 0.4) is 0 Å². The average molecular weight is 351 g/mol. The molecule has 0 amide bonds. The fraction of sp³-hybridized carbons (Fsp3) is 0.647. The molecule has 2 rings (SSSR count).